The number of pyridine rings is 1. The van der Waals surface area contributed by atoms with Crippen molar-refractivity contribution in [3.63, 3.8) is 0 Å². The maximum absolute atomic E-state index is 12.6. The van der Waals surface area contributed by atoms with E-state index in [1.54, 1.807) is 10.9 Å². The third-order valence-electron chi connectivity index (χ3n) is 4.47. The van der Waals surface area contributed by atoms with E-state index in [4.69, 9.17) is 4.74 Å². The number of ether oxygens (including phenoxy) is 1. The van der Waals surface area contributed by atoms with Crippen LogP contribution in [0.1, 0.15) is 16.1 Å². The zero-order valence-corrected chi connectivity index (χ0v) is 14.6. The highest BCUT2D eigenvalue weighted by atomic mass is 32.1. The lowest BCUT2D eigenvalue weighted by Crippen LogP contribution is -2.36. The van der Waals surface area contributed by atoms with Gasteiger partial charge in [0.1, 0.15) is 5.69 Å². The second-order valence-electron chi connectivity index (χ2n) is 6.30. The number of nitrogens with zero attached hydrogens (tertiary/aromatic N) is 3. The number of hydrogen-bond donors (Lipinski definition) is 0. The lowest BCUT2D eigenvalue weighted by atomic mass is 9.98. The number of thiazole rings is 1. The fraction of sp³-hybridized carbons (Fsp3) is 0.316. The monoisotopic (exact) mass is 353 g/mol. The van der Waals surface area contributed by atoms with Crippen LogP contribution in [0.25, 0.3) is 10.9 Å². The van der Waals surface area contributed by atoms with Crippen LogP contribution in [0.4, 0.5) is 0 Å². The Labute approximate surface area is 150 Å². The Morgan fingerprint density at radius 2 is 2.28 bits per heavy atom. The van der Waals surface area contributed by atoms with E-state index in [0.717, 1.165) is 17.3 Å². The number of fused-ring (bicyclic) bond motifs is 1. The summed E-state index contributed by atoms with van der Waals surface area (Å²) in [4.78, 5) is 23.0. The lowest BCUT2D eigenvalue weighted by Gasteiger charge is -2.23. The standard InChI is InChI=1S/C19H19N3O2S/c23-19(18-12-25-13-21-18)22-6-7-24-11-15(10-22)8-14-3-4-17-16(9-14)2-1-5-20-17/h1-5,9,12-13,15H,6-8,10-11H2/t15-/m0/s1. The van der Waals surface area contributed by atoms with Crippen molar-refractivity contribution in [2.24, 2.45) is 5.92 Å². The van der Waals surface area contributed by atoms with Gasteiger partial charge in [-0.3, -0.25) is 9.78 Å². The van der Waals surface area contributed by atoms with Gasteiger partial charge in [0, 0.05) is 36.0 Å². The third kappa shape index (κ3) is 3.70. The molecule has 1 aromatic carbocycles. The molecule has 1 saturated heterocycles. The highest BCUT2D eigenvalue weighted by molar-refractivity contribution is 7.07. The summed E-state index contributed by atoms with van der Waals surface area (Å²) in [5, 5.41) is 2.95. The van der Waals surface area contributed by atoms with Crippen LogP contribution in [0.5, 0.6) is 0 Å². The minimum Gasteiger partial charge on any atom is -0.379 e. The summed E-state index contributed by atoms with van der Waals surface area (Å²) in [5.74, 6) is 0.277. The van der Waals surface area contributed by atoms with E-state index in [9.17, 15) is 4.79 Å². The van der Waals surface area contributed by atoms with Crippen LogP contribution < -0.4 is 0 Å². The molecule has 0 unspecified atom stereocenters. The Hall–Kier alpha value is -2.31. The molecule has 3 heterocycles. The Morgan fingerprint density at radius 3 is 3.16 bits per heavy atom. The van der Waals surface area contributed by atoms with Crippen LogP contribution in [0.3, 0.4) is 0 Å². The molecule has 0 aliphatic carbocycles. The molecular formula is C19H19N3O2S. The zero-order chi connectivity index (χ0) is 17.1. The lowest BCUT2D eigenvalue weighted by molar-refractivity contribution is 0.0732. The first-order valence-electron chi connectivity index (χ1n) is 8.38. The molecular weight excluding hydrogens is 334 g/mol. The smallest absolute Gasteiger partial charge is 0.273 e. The molecule has 4 rings (SSSR count). The minimum atomic E-state index is -0.000499. The molecule has 1 fully saturated rings. The molecule has 1 atom stereocenters. The number of hydrogen-bond acceptors (Lipinski definition) is 5. The topological polar surface area (TPSA) is 55.3 Å². The highest BCUT2D eigenvalue weighted by Gasteiger charge is 2.24. The predicted octanol–water partition coefficient (Wildman–Crippen LogP) is 3.02. The fourth-order valence-electron chi connectivity index (χ4n) is 3.25. The molecule has 1 aliphatic rings. The van der Waals surface area contributed by atoms with Crippen LogP contribution >= 0.6 is 11.3 Å². The Kier molecular flexibility index (Phi) is 4.72. The first kappa shape index (κ1) is 16.2. The Bertz CT molecular complexity index is 866. The molecule has 0 bridgehead atoms. The SMILES string of the molecule is O=C(c1cscn1)N1CCOC[C@@H](Cc2ccc3ncccc3c2)C1. The van der Waals surface area contributed by atoms with Gasteiger partial charge >= 0.3 is 0 Å². The maximum atomic E-state index is 12.6. The number of rotatable bonds is 3. The molecule has 5 nitrogen and oxygen atoms in total. The Balaban J connectivity index is 1.49. The molecule has 2 aromatic heterocycles. The number of aromatic nitrogens is 2. The quantitative estimate of drug-likeness (QED) is 0.726. The Morgan fingerprint density at radius 1 is 1.32 bits per heavy atom. The van der Waals surface area contributed by atoms with E-state index < -0.39 is 0 Å². The van der Waals surface area contributed by atoms with Crippen LogP contribution in [-0.4, -0.2) is 47.1 Å². The van der Waals surface area contributed by atoms with E-state index in [1.807, 2.05) is 17.2 Å². The summed E-state index contributed by atoms with van der Waals surface area (Å²) >= 11 is 1.45. The molecule has 6 heteroatoms. The first-order valence-corrected chi connectivity index (χ1v) is 9.33. The van der Waals surface area contributed by atoms with Gasteiger partial charge in [-0.25, -0.2) is 4.98 Å². The van der Waals surface area contributed by atoms with E-state index in [-0.39, 0.29) is 11.8 Å². The molecule has 0 radical (unpaired) electrons. The number of carbonyl (C=O) groups excluding carboxylic acids is 1. The van der Waals surface area contributed by atoms with E-state index in [2.05, 4.69) is 34.2 Å². The van der Waals surface area contributed by atoms with Crippen molar-refractivity contribution in [3.05, 3.63) is 58.7 Å². The van der Waals surface area contributed by atoms with Gasteiger partial charge in [0.2, 0.25) is 0 Å². The van der Waals surface area contributed by atoms with E-state index in [1.165, 1.54) is 16.9 Å². The third-order valence-corrected chi connectivity index (χ3v) is 5.05. The van der Waals surface area contributed by atoms with Crippen molar-refractivity contribution in [2.75, 3.05) is 26.3 Å². The molecule has 3 aromatic rings. The van der Waals surface area contributed by atoms with Crippen molar-refractivity contribution >= 4 is 28.1 Å². The van der Waals surface area contributed by atoms with Crippen LogP contribution in [0.2, 0.25) is 0 Å². The normalized spacial score (nSPS) is 18.2. The van der Waals surface area contributed by atoms with E-state index >= 15 is 0 Å². The number of amides is 1. The second-order valence-corrected chi connectivity index (χ2v) is 7.02. The van der Waals surface area contributed by atoms with Gasteiger partial charge in [0.05, 0.1) is 24.2 Å². The summed E-state index contributed by atoms with van der Waals surface area (Å²) < 4.78 is 5.74. The highest BCUT2D eigenvalue weighted by Crippen LogP contribution is 2.19. The molecule has 128 valence electrons. The van der Waals surface area contributed by atoms with Crippen molar-refractivity contribution in [2.45, 2.75) is 6.42 Å². The summed E-state index contributed by atoms with van der Waals surface area (Å²) in [6.07, 6.45) is 2.69. The van der Waals surface area contributed by atoms with Crippen LogP contribution in [-0.2, 0) is 11.2 Å². The number of carbonyl (C=O) groups is 1. The second kappa shape index (κ2) is 7.29. The van der Waals surface area contributed by atoms with Crippen molar-refractivity contribution < 1.29 is 9.53 Å². The average Bonchev–Trinajstić information content (AvgIpc) is 3.08. The largest absolute Gasteiger partial charge is 0.379 e. The van der Waals surface area contributed by atoms with Gasteiger partial charge in [-0.2, -0.15) is 0 Å². The maximum Gasteiger partial charge on any atom is 0.273 e. The van der Waals surface area contributed by atoms with Crippen LogP contribution in [0, 0.1) is 5.92 Å². The average molecular weight is 353 g/mol. The van der Waals surface area contributed by atoms with Crippen molar-refractivity contribution in [3.8, 4) is 0 Å². The molecule has 0 N–H and O–H groups in total. The van der Waals surface area contributed by atoms with Gasteiger partial charge < -0.3 is 9.64 Å². The van der Waals surface area contributed by atoms with Crippen LogP contribution in [0.15, 0.2) is 47.4 Å². The summed E-state index contributed by atoms with van der Waals surface area (Å²) in [6.45, 7) is 2.57. The molecule has 0 spiro atoms. The summed E-state index contributed by atoms with van der Waals surface area (Å²) in [5.41, 5.74) is 4.48. The molecule has 25 heavy (non-hydrogen) atoms. The van der Waals surface area contributed by atoms with Gasteiger partial charge in [-0.15, -0.1) is 11.3 Å². The predicted molar refractivity (Wildman–Crippen MR) is 97.8 cm³/mol. The van der Waals surface area contributed by atoms with E-state index in [0.29, 0.717) is 32.0 Å². The first-order chi connectivity index (χ1) is 12.3. The summed E-state index contributed by atoms with van der Waals surface area (Å²) in [6, 6.07) is 10.4. The molecule has 1 aliphatic heterocycles. The molecule has 1 amide bonds. The van der Waals surface area contributed by atoms with Gasteiger partial charge in [-0.05, 0) is 30.2 Å². The van der Waals surface area contributed by atoms with Gasteiger partial charge in [0.15, 0.2) is 0 Å². The van der Waals surface area contributed by atoms with Gasteiger partial charge in [-0.1, -0.05) is 12.1 Å². The number of benzene rings is 1. The minimum absolute atomic E-state index is 0.000499. The summed E-state index contributed by atoms with van der Waals surface area (Å²) in [7, 11) is 0. The van der Waals surface area contributed by atoms with Gasteiger partial charge in [0.25, 0.3) is 5.91 Å². The van der Waals surface area contributed by atoms with Crippen molar-refractivity contribution in [1.29, 1.82) is 0 Å². The van der Waals surface area contributed by atoms with Crippen molar-refractivity contribution in [1.82, 2.24) is 14.9 Å². The fourth-order valence-corrected chi connectivity index (χ4v) is 3.78. The zero-order valence-electron chi connectivity index (χ0n) is 13.8. The molecule has 0 saturated carbocycles.